The normalized spacial score (nSPS) is 13.4. The summed E-state index contributed by atoms with van der Waals surface area (Å²) in [7, 11) is 1.77. The van der Waals surface area contributed by atoms with Crippen LogP contribution in [0.3, 0.4) is 0 Å². The van der Waals surface area contributed by atoms with E-state index in [1.165, 1.54) is 154 Å². The maximum absolute atomic E-state index is 12.7. The summed E-state index contributed by atoms with van der Waals surface area (Å²) in [5, 5.41) is 0. The van der Waals surface area contributed by atoms with E-state index in [0.717, 1.165) is 56.0 Å². The molecule has 0 heterocycles. The van der Waals surface area contributed by atoms with Gasteiger partial charge in [-0.1, -0.05) is 194 Å². The fourth-order valence-corrected chi connectivity index (χ4v) is 7.93. The minimum absolute atomic E-state index is 0.0375. The molecule has 0 aliphatic carbocycles. The Bertz CT molecular complexity index is 943. The second-order valence-corrected chi connectivity index (χ2v) is 19.3. The van der Waals surface area contributed by atoms with E-state index in [-0.39, 0.29) is 32.0 Å². The Balaban J connectivity index is 4.38. The van der Waals surface area contributed by atoms with Crippen LogP contribution in [0.4, 0.5) is 0 Å². The lowest BCUT2D eigenvalue weighted by molar-refractivity contribution is -0.870. The van der Waals surface area contributed by atoms with Crippen LogP contribution in [0.2, 0.25) is 0 Å². The van der Waals surface area contributed by atoms with Gasteiger partial charge >= 0.3 is 11.9 Å². The Morgan fingerprint density at radius 1 is 0.474 bits per heavy atom. The molecule has 0 bridgehead atoms. The van der Waals surface area contributed by atoms with Gasteiger partial charge in [-0.3, -0.25) is 14.2 Å². The second-order valence-electron chi connectivity index (χ2n) is 17.8. The summed E-state index contributed by atoms with van der Waals surface area (Å²) in [6.07, 6.45) is 39.4. The minimum Gasteiger partial charge on any atom is -0.756 e. The molecule has 0 rings (SSSR count). The summed E-state index contributed by atoms with van der Waals surface area (Å²) in [6, 6.07) is 0. The molecule has 9 nitrogen and oxygen atoms in total. The van der Waals surface area contributed by atoms with Gasteiger partial charge < -0.3 is 27.9 Å². The van der Waals surface area contributed by atoms with Crippen LogP contribution in [0.5, 0.6) is 0 Å². The fourth-order valence-electron chi connectivity index (χ4n) is 7.15. The molecule has 57 heavy (non-hydrogen) atoms. The summed E-state index contributed by atoms with van der Waals surface area (Å²) in [5.74, 6) is -0.806. The molecule has 0 spiro atoms. The highest BCUT2D eigenvalue weighted by Crippen LogP contribution is 2.38. The molecule has 10 heteroatoms. The van der Waals surface area contributed by atoms with Gasteiger partial charge in [-0.15, -0.1) is 0 Å². The van der Waals surface area contributed by atoms with E-state index in [0.29, 0.717) is 12.8 Å². The van der Waals surface area contributed by atoms with E-state index in [4.69, 9.17) is 18.5 Å². The molecule has 0 amide bonds. The Morgan fingerprint density at radius 2 is 0.825 bits per heavy atom. The summed E-state index contributed by atoms with van der Waals surface area (Å²) >= 11 is 0. The Labute approximate surface area is 353 Å². The number of phosphoric ester groups is 1. The molecule has 0 aromatic carbocycles. The van der Waals surface area contributed by atoms with E-state index < -0.39 is 26.5 Å². The number of hydrogen-bond donors (Lipinski definition) is 0. The average molecular weight is 832 g/mol. The molecule has 0 N–H and O–H groups in total. The number of rotatable bonds is 45. The van der Waals surface area contributed by atoms with Gasteiger partial charge in [0.1, 0.15) is 6.61 Å². The highest BCUT2D eigenvalue weighted by atomic mass is 31.2. The summed E-state index contributed by atoms with van der Waals surface area (Å²) < 4.78 is 34.5. The number of nitrogens with zero attached hydrogens (tertiary/aromatic N) is 1. The number of hydrogen-bond acceptors (Lipinski definition) is 8. The third kappa shape index (κ3) is 44.4. The van der Waals surface area contributed by atoms with Crippen LogP contribution in [0.1, 0.15) is 239 Å². The molecule has 0 aromatic rings. The number of unbranched alkanes of at least 4 members (excludes halogenated alkanes) is 30. The Hall–Kier alpha value is -0.990. The van der Waals surface area contributed by atoms with E-state index >= 15 is 0 Å². The third-order valence-electron chi connectivity index (χ3n) is 10.8. The minimum atomic E-state index is -4.60. The van der Waals surface area contributed by atoms with E-state index in [1.54, 1.807) is 0 Å². The van der Waals surface area contributed by atoms with Crippen molar-refractivity contribution in [3.63, 3.8) is 0 Å². The zero-order valence-electron chi connectivity index (χ0n) is 38.3. The standard InChI is InChI=1S/C47H94NO8P/c1-6-8-10-12-14-16-18-20-22-24-26-28-30-32-35-39-46(49)53-43-45(44-55-57(51,52)54-42-38-34-37-41-48(3,4)5)56-47(50)40-36-33-31-29-27-25-23-21-19-17-15-13-11-9-7-2/h45H,6-44H2,1-5H3. The van der Waals surface area contributed by atoms with Crippen LogP contribution in [-0.4, -0.2) is 70.0 Å². The molecule has 2 atom stereocenters. The predicted molar refractivity (Wildman–Crippen MR) is 236 cm³/mol. The van der Waals surface area contributed by atoms with Crippen molar-refractivity contribution in [1.29, 1.82) is 0 Å². The number of carbonyl (C=O) groups excluding carboxylic acids is 2. The van der Waals surface area contributed by atoms with Gasteiger partial charge in [0.25, 0.3) is 7.82 Å². The van der Waals surface area contributed by atoms with Crippen molar-refractivity contribution in [2.75, 3.05) is 47.5 Å². The van der Waals surface area contributed by atoms with Gasteiger partial charge in [-0.2, -0.15) is 0 Å². The number of carbonyl (C=O) groups is 2. The van der Waals surface area contributed by atoms with Crippen LogP contribution >= 0.6 is 7.82 Å². The molecule has 0 saturated heterocycles. The van der Waals surface area contributed by atoms with Gasteiger partial charge in [0.2, 0.25) is 0 Å². The van der Waals surface area contributed by atoms with Crippen molar-refractivity contribution in [2.45, 2.75) is 245 Å². The van der Waals surface area contributed by atoms with Crippen molar-refractivity contribution < 1.29 is 42.1 Å². The molecule has 0 aliphatic rings. The van der Waals surface area contributed by atoms with Gasteiger partial charge in [0.15, 0.2) is 6.10 Å². The lowest BCUT2D eigenvalue weighted by atomic mass is 10.0. The SMILES string of the molecule is CCCCCCCCCCCCCCCCCC(=O)OCC(COP(=O)([O-])OCCCCC[N+](C)(C)C)OC(=O)CCCCCCCCCCCCCCCCC. The number of phosphoric acid groups is 1. The van der Waals surface area contributed by atoms with Crippen molar-refractivity contribution >= 4 is 19.8 Å². The van der Waals surface area contributed by atoms with Crippen LogP contribution in [0, 0.1) is 0 Å². The molecular weight excluding hydrogens is 737 g/mol. The van der Waals surface area contributed by atoms with Gasteiger partial charge in [-0.05, 0) is 32.1 Å². The van der Waals surface area contributed by atoms with Crippen molar-refractivity contribution in [3.05, 3.63) is 0 Å². The third-order valence-corrected chi connectivity index (χ3v) is 11.8. The topological polar surface area (TPSA) is 111 Å². The zero-order valence-corrected chi connectivity index (χ0v) is 39.2. The van der Waals surface area contributed by atoms with Crippen molar-refractivity contribution in [2.24, 2.45) is 0 Å². The maximum Gasteiger partial charge on any atom is 0.306 e. The maximum atomic E-state index is 12.7. The molecule has 0 aromatic heterocycles. The van der Waals surface area contributed by atoms with Gasteiger partial charge in [0, 0.05) is 12.8 Å². The Morgan fingerprint density at radius 3 is 1.21 bits per heavy atom. The molecule has 0 radical (unpaired) electrons. The summed E-state index contributed by atoms with van der Waals surface area (Å²) in [6.45, 7) is 4.87. The first kappa shape index (κ1) is 56.0. The van der Waals surface area contributed by atoms with E-state index in [9.17, 15) is 19.0 Å². The summed E-state index contributed by atoms with van der Waals surface area (Å²) in [5.41, 5.74) is 0. The van der Waals surface area contributed by atoms with Crippen LogP contribution in [-0.2, 0) is 32.7 Å². The monoisotopic (exact) mass is 832 g/mol. The second kappa shape index (κ2) is 40.4. The first-order valence-corrected chi connectivity index (χ1v) is 25.7. The molecular formula is C47H94NO8P. The molecule has 0 fully saturated rings. The van der Waals surface area contributed by atoms with E-state index in [1.807, 2.05) is 0 Å². The average Bonchev–Trinajstić information content (AvgIpc) is 3.16. The first-order valence-electron chi connectivity index (χ1n) is 24.2. The molecule has 0 aliphatic heterocycles. The smallest absolute Gasteiger partial charge is 0.306 e. The lowest BCUT2D eigenvalue weighted by Crippen LogP contribution is -2.35. The summed E-state index contributed by atoms with van der Waals surface area (Å²) in [4.78, 5) is 37.8. The Kier molecular flexibility index (Phi) is 39.7. The van der Waals surface area contributed by atoms with Crippen molar-refractivity contribution in [1.82, 2.24) is 0 Å². The molecule has 2 unspecified atom stereocenters. The van der Waals surface area contributed by atoms with Gasteiger partial charge in [0.05, 0.1) is 40.9 Å². The van der Waals surface area contributed by atoms with Crippen LogP contribution in [0.15, 0.2) is 0 Å². The largest absolute Gasteiger partial charge is 0.756 e. The first-order chi connectivity index (χ1) is 27.5. The van der Waals surface area contributed by atoms with Gasteiger partial charge in [-0.25, -0.2) is 0 Å². The number of quaternary nitrogens is 1. The number of ether oxygens (including phenoxy) is 2. The number of esters is 2. The highest BCUT2D eigenvalue weighted by Gasteiger charge is 2.21. The highest BCUT2D eigenvalue weighted by molar-refractivity contribution is 7.45. The molecule has 0 saturated carbocycles. The van der Waals surface area contributed by atoms with Crippen molar-refractivity contribution in [3.8, 4) is 0 Å². The molecule has 340 valence electrons. The van der Waals surface area contributed by atoms with Crippen LogP contribution in [0.25, 0.3) is 0 Å². The quantitative estimate of drug-likeness (QED) is 0.0258. The fraction of sp³-hybridized carbons (Fsp3) is 0.957. The lowest BCUT2D eigenvalue weighted by Gasteiger charge is -2.26. The van der Waals surface area contributed by atoms with Crippen LogP contribution < -0.4 is 4.89 Å². The van der Waals surface area contributed by atoms with E-state index in [2.05, 4.69) is 35.0 Å². The zero-order chi connectivity index (χ0) is 42.1. The predicted octanol–water partition coefficient (Wildman–Crippen LogP) is 13.3.